The van der Waals surface area contributed by atoms with Crippen molar-refractivity contribution in [2.45, 2.75) is 44.6 Å². The fourth-order valence-corrected chi connectivity index (χ4v) is 3.90. The molecule has 176 valence electrons. The molecule has 1 atom stereocenters. The Bertz CT molecular complexity index is 1120. The first kappa shape index (κ1) is 24.8. The van der Waals surface area contributed by atoms with Crippen molar-refractivity contribution in [1.29, 1.82) is 0 Å². The lowest BCUT2D eigenvalue weighted by molar-refractivity contribution is -0.137. The Morgan fingerprint density at radius 3 is 2.36 bits per heavy atom. The lowest BCUT2D eigenvalue weighted by Crippen LogP contribution is -2.26. The van der Waals surface area contributed by atoms with Crippen molar-refractivity contribution in [2.24, 2.45) is 0 Å². The second-order valence-electron chi connectivity index (χ2n) is 7.57. The van der Waals surface area contributed by atoms with Gasteiger partial charge in [-0.05, 0) is 59.9 Å². The van der Waals surface area contributed by atoms with Gasteiger partial charge in [0, 0.05) is 17.0 Å². The molecule has 0 aliphatic heterocycles. The molecular weight excluding hydrogens is 472 g/mol. The second-order valence-corrected chi connectivity index (χ2v) is 8.01. The minimum atomic E-state index is -5.10. The summed E-state index contributed by atoms with van der Waals surface area (Å²) in [4.78, 5) is 24.3. The number of fused-ring (bicyclic) bond motifs is 1. The van der Waals surface area contributed by atoms with E-state index in [0.717, 1.165) is 11.6 Å². The van der Waals surface area contributed by atoms with Crippen LogP contribution in [-0.2, 0) is 17.4 Å². The lowest BCUT2D eigenvalue weighted by atomic mass is 9.97. The summed E-state index contributed by atoms with van der Waals surface area (Å²) in [6, 6.07) is 5.65. The molecule has 0 heterocycles. The van der Waals surface area contributed by atoms with Crippen LogP contribution in [0.2, 0.25) is 5.02 Å². The van der Waals surface area contributed by atoms with Crippen LogP contribution in [0.1, 0.15) is 58.4 Å². The summed E-state index contributed by atoms with van der Waals surface area (Å²) in [5.74, 6) is -1.16. The number of aryl methyl sites for hydroxylation is 1. The monoisotopic (exact) mass is 489 g/mol. The van der Waals surface area contributed by atoms with Crippen LogP contribution in [0.4, 0.5) is 26.3 Å². The van der Waals surface area contributed by atoms with E-state index >= 15 is 0 Å². The summed E-state index contributed by atoms with van der Waals surface area (Å²) in [5.41, 5.74) is -2.31. The highest BCUT2D eigenvalue weighted by Crippen LogP contribution is 2.39. The van der Waals surface area contributed by atoms with Crippen molar-refractivity contribution < 1.29 is 35.9 Å². The van der Waals surface area contributed by atoms with E-state index in [1.165, 1.54) is 12.1 Å². The average molecular weight is 490 g/mol. The zero-order valence-electron chi connectivity index (χ0n) is 17.2. The quantitative estimate of drug-likeness (QED) is 0.288. The average Bonchev–Trinajstić information content (AvgIpc) is 3.11. The standard InChI is InChI=1S/C23H18ClF6NO2/c1-2-21(33)31-19-6-4-12-7-13(3-5-17(12)19)20(32)11-18(23(28,29)30)14-8-15(22(25,26)27)10-16(24)9-14/h3,5,7-11,19H,2,4,6H2,1H3,(H,31,33). The van der Waals surface area contributed by atoms with Crippen LogP contribution >= 0.6 is 11.6 Å². The van der Waals surface area contributed by atoms with Gasteiger partial charge in [-0.1, -0.05) is 30.7 Å². The largest absolute Gasteiger partial charge is 0.417 e. The van der Waals surface area contributed by atoms with Crippen LogP contribution in [0, 0.1) is 0 Å². The molecular formula is C23H18ClF6NO2. The molecule has 0 saturated heterocycles. The Balaban J connectivity index is 1.97. The molecule has 0 fully saturated rings. The van der Waals surface area contributed by atoms with E-state index in [0.29, 0.717) is 37.0 Å². The molecule has 2 aromatic rings. The fraction of sp³-hybridized carbons (Fsp3) is 0.304. The van der Waals surface area contributed by atoms with Gasteiger partial charge >= 0.3 is 12.4 Å². The number of hydrogen-bond acceptors (Lipinski definition) is 2. The Morgan fingerprint density at radius 1 is 1.06 bits per heavy atom. The van der Waals surface area contributed by atoms with E-state index < -0.39 is 39.9 Å². The van der Waals surface area contributed by atoms with E-state index in [-0.39, 0.29) is 23.6 Å². The number of halogens is 7. The first-order valence-corrected chi connectivity index (χ1v) is 10.3. The van der Waals surface area contributed by atoms with Gasteiger partial charge in [-0.2, -0.15) is 26.3 Å². The van der Waals surface area contributed by atoms with Gasteiger partial charge in [-0.15, -0.1) is 0 Å². The molecule has 1 amide bonds. The molecule has 2 aromatic carbocycles. The molecule has 3 nitrogen and oxygen atoms in total. The maximum absolute atomic E-state index is 13.7. The summed E-state index contributed by atoms with van der Waals surface area (Å²) in [5, 5.41) is 2.30. The summed E-state index contributed by atoms with van der Waals surface area (Å²) in [6.07, 6.45) is -8.33. The Labute approximate surface area is 190 Å². The highest BCUT2D eigenvalue weighted by molar-refractivity contribution is 6.30. The number of allylic oxidation sites excluding steroid dienone is 2. The Morgan fingerprint density at radius 2 is 1.76 bits per heavy atom. The van der Waals surface area contributed by atoms with E-state index in [1.807, 2.05) is 0 Å². The highest BCUT2D eigenvalue weighted by atomic mass is 35.5. The first-order valence-electron chi connectivity index (χ1n) is 9.93. The third-order valence-electron chi connectivity index (χ3n) is 5.28. The molecule has 3 rings (SSSR count). The zero-order valence-corrected chi connectivity index (χ0v) is 18.0. The van der Waals surface area contributed by atoms with Crippen LogP contribution in [0.25, 0.3) is 5.57 Å². The maximum Gasteiger partial charge on any atom is 0.417 e. The lowest BCUT2D eigenvalue weighted by Gasteiger charge is -2.15. The second kappa shape index (κ2) is 9.21. The molecule has 10 heteroatoms. The normalized spacial score (nSPS) is 16.5. The van der Waals surface area contributed by atoms with Gasteiger partial charge in [0.05, 0.1) is 17.2 Å². The molecule has 0 aromatic heterocycles. The summed E-state index contributed by atoms with van der Waals surface area (Å²) >= 11 is 5.62. The predicted octanol–water partition coefficient (Wildman–Crippen LogP) is 6.70. The molecule has 0 radical (unpaired) electrons. The zero-order chi connectivity index (χ0) is 24.6. The topological polar surface area (TPSA) is 46.2 Å². The van der Waals surface area contributed by atoms with Gasteiger partial charge in [0.2, 0.25) is 5.91 Å². The smallest absolute Gasteiger partial charge is 0.349 e. The number of rotatable bonds is 5. The molecule has 0 bridgehead atoms. The molecule has 1 unspecified atom stereocenters. The molecule has 1 aliphatic rings. The number of nitrogens with one attached hydrogen (secondary N) is 1. The molecule has 0 spiro atoms. The van der Waals surface area contributed by atoms with Crippen molar-refractivity contribution in [2.75, 3.05) is 0 Å². The number of carbonyl (C=O) groups is 2. The maximum atomic E-state index is 13.7. The molecule has 0 saturated carbocycles. The van der Waals surface area contributed by atoms with E-state index in [1.54, 1.807) is 13.0 Å². The van der Waals surface area contributed by atoms with Crippen LogP contribution in [0.15, 0.2) is 42.5 Å². The number of carbonyl (C=O) groups excluding carboxylic acids is 2. The summed E-state index contributed by atoms with van der Waals surface area (Å²) < 4.78 is 80.2. The molecule has 1 aliphatic carbocycles. The number of benzene rings is 2. The number of alkyl halides is 6. The summed E-state index contributed by atoms with van der Waals surface area (Å²) in [7, 11) is 0. The highest BCUT2D eigenvalue weighted by Gasteiger charge is 2.38. The van der Waals surface area contributed by atoms with Crippen molar-refractivity contribution in [3.05, 3.63) is 75.3 Å². The van der Waals surface area contributed by atoms with Crippen LogP contribution in [-0.4, -0.2) is 17.9 Å². The number of hydrogen-bond donors (Lipinski definition) is 1. The third-order valence-corrected chi connectivity index (χ3v) is 5.50. The third kappa shape index (κ3) is 5.76. The van der Waals surface area contributed by atoms with Crippen molar-refractivity contribution in [3.8, 4) is 0 Å². The number of ketones is 1. The van der Waals surface area contributed by atoms with Crippen molar-refractivity contribution in [1.82, 2.24) is 5.32 Å². The van der Waals surface area contributed by atoms with Gasteiger partial charge in [-0.25, -0.2) is 0 Å². The van der Waals surface area contributed by atoms with Gasteiger partial charge in [-0.3, -0.25) is 9.59 Å². The van der Waals surface area contributed by atoms with Crippen molar-refractivity contribution >= 4 is 28.9 Å². The Kier molecular flexibility index (Phi) is 6.93. The minimum absolute atomic E-state index is 0.0453. The molecule has 1 N–H and O–H groups in total. The van der Waals surface area contributed by atoms with Gasteiger partial charge < -0.3 is 5.32 Å². The minimum Gasteiger partial charge on any atom is -0.349 e. The molecule has 33 heavy (non-hydrogen) atoms. The van der Waals surface area contributed by atoms with Gasteiger partial charge in [0.1, 0.15) is 0 Å². The van der Waals surface area contributed by atoms with E-state index in [2.05, 4.69) is 5.32 Å². The Hall–Kier alpha value is -2.81. The first-order chi connectivity index (χ1) is 15.3. The van der Waals surface area contributed by atoms with Crippen LogP contribution in [0.5, 0.6) is 0 Å². The van der Waals surface area contributed by atoms with E-state index in [9.17, 15) is 35.9 Å². The SMILES string of the molecule is CCC(=O)NC1CCc2cc(C(=O)C=C(c3cc(Cl)cc(C(F)(F)F)c3)C(F)(F)F)ccc21. The van der Waals surface area contributed by atoms with Gasteiger partial charge in [0.15, 0.2) is 5.78 Å². The van der Waals surface area contributed by atoms with Crippen molar-refractivity contribution in [3.63, 3.8) is 0 Å². The fourth-order valence-electron chi connectivity index (χ4n) is 3.67. The van der Waals surface area contributed by atoms with Crippen LogP contribution < -0.4 is 5.32 Å². The summed E-state index contributed by atoms with van der Waals surface area (Å²) in [6.45, 7) is 1.70. The van der Waals surface area contributed by atoms with Crippen LogP contribution in [0.3, 0.4) is 0 Å². The number of amides is 1. The predicted molar refractivity (Wildman–Crippen MR) is 111 cm³/mol. The van der Waals surface area contributed by atoms with Gasteiger partial charge in [0.25, 0.3) is 0 Å². The van der Waals surface area contributed by atoms with E-state index in [4.69, 9.17) is 11.6 Å².